The lowest BCUT2D eigenvalue weighted by atomic mass is 10.00. The third-order valence-electron chi connectivity index (χ3n) is 5.41. The summed E-state index contributed by atoms with van der Waals surface area (Å²) in [7, 11) is 1.59. The van der Waals surface area contributed by atoms with Crippen LogP contribution in [0.3, 0.4) is 0 Å². The maximum absolute atomic E-state index is 13.5. The number of aromatic nitrogens is 1. The van der Waals surface area contributed by atoms with Crippen LogP contribution in [-0.4, -0.2) is 49.3 Å². The molecular formula is C22H21F3N4O3. The first-order valence-electron chi connectivity index (χ1n) is 9.89. The zero-order valence-corrected chi connectivity index (χ0v) is 17.2. The van der Waals surface area contributed by atoms with Gasteiger partial charge in [-0.15, -0.1) is 0 Å². The number of carbonyl (C=O) groups excluding carboxylic acids is 1. The number of ether oxygens (including phenoxy) is 1. The minimum Gasteiger partial charge on any atom is -0.497 e. The van der Waals surface area contributed by atoms with Crippen LogP contribution in [0.25, 0.3) is 11.3 Å². The molecule has 1 aliphatic heterocycles. The second-order valence-corrected chi connectivity index (χ2v) is 7.29. The van der Waals surface area contributed by atoms with E-state index < -0.39 is 17.6 Å². The van der Waals surface area contributed by atoms with Crippen molar-refractivity contribution in [3.63, 3.8) is 0 Å². The Labute approximate surface area is 182 Å². The predicted octanol–water partition coefficient (Wildman–Crippen LogP) is 3.91. The standard InChI is InChI=1S/C22H21F3N4O3/c1-31-15-6-4-5-14(13-15)28-9-11-29(12-10-28)21(30)18-19(27-32-20(18)26)16-7-2-3-8-17(16)22(23,24)25/h2-8,13H,9-12,26H2,1H3. The van der Waals surface area contributed by atoms with E-state index in [1.165, 1.54) is 18.2 Å². The summed E-state index contributed by atoms with van der Waals surface area (Å²) in [5.74, 6) is -0.0931. The van der Waals surface area contributed by atoms with Gasteiger partial charge in [0, 0.05) is 43.5 Å². The van der Waals surface area contributed by atoms with Gasteiger partial charge in [0.25, 0.3) is 5.91 Å². The van der Waals surface area contributed by atoms with Crippen molar-refractivity contribution < 1.29 is 27.2 Å². The quantitative estimate of drug-likeness (QED) is 0.654. The highest BCUT2D eigenvalue weighted by atomic mass is 19.4. The summed E-state index contributed by atoms with van der Waals surface area (Å²) in [6.07, 6.45) is -4.62. The summed E-state index contributed by atoms with van der Waals surface area (Å²) >= 11 is 0. The molecule has 1 aliphatic rings. The summed E-state index contributed by atoms with van der Waals surface area (Å²) in [5.41, 5.74) is 5.24. The van der Waals surface area contributed by atoms with Crippen molar-refractivity contribution in [3.05, 3.63) is 59.7 Å². The van der Waals surface area contributed by atoms with Crippen molar-refractivity contribution in [2.45, 2.75) is 6.18 Å². The van der Waals surface area contributed by atoms with Gasteiger partial charge in [0.05, 0.1) is 12.7 Å². The molecule has 1 saturated heterocycles. The Morgan fingerprint density at radius 3 is 2.50 bits per heavy atom. The minimum absolute atomic E-state index is 0.156. The molecule has 0 radical (unpaired) electrons. The number of amides is 1. The fourth-order valence-corrected chi connectivity index (χ4v) is 3.76. The first-order chi connectivity index (χ1) is 15.3. The first kappa shape index (κ1) is 21.5. The number of hydrogen-bond donors (Lipinski definition) is 1. The van der Waals surface area contributed by atoms with Crippen LogP contribution in [0.4, 0.5) is 24.7 Å². The van der Waals surface area contributed by atoms with Gasteiger partial charge in [0.15, 0.2) is 0 Å². The maximum atomic E-state index is 13.5. The number of rotatable bonds is 4. The monoisotopic (exact) mass is 446 g/mol. The van der Waals surface area contributed by atoms with Crippen LogP contribution in [0.1, 0.15) is 15.9 Å². The third-order valence-corrected chi connectivity index (χ3v) is 5.41. The molecule has 0 atom stereocenters. The molecule has 2 aromatic carbocycles. The summed E-state index contributed by atoms with van der Waals surface area (Å²) in [6, 6.07) is 12.5. The van der Waals surface area contributed by atoms with E-state index in [9.17, 15) is 18.0 Å². The molecule has 0 aliphatic carbocycles. The Hall–Kier alpha value is -3.69. The van der Waals surface area contributed by atoms with Gasteiger partial charge in [0.2, 0.25) is 5.88 Å². The molecule has 4 rings (SSSR count). The highest BCUT2D eigenvalue weighted by molar-refractivity contribution is 6.04. The number of nitrogens with two attached hydrogens (primary N) is 1. The average Bonchev–Trinajstić information content (AvgIpc) is 3.19. The molecule has 2 N–H and O–H groups in total. The van der Waals surface area contributed by atoms with Crippen LogP contribution in [0.15, 0.2) is 53.1 Å². The van der Waals surface area contributed by atoms with E-state index in [-0.39, 0.29) is 22.7 Å². The molecule has 1 amide bonds. The second-order valence-electron chi connectivity index (χ2n) is 7.29. The topological polar surface area (TPSA) is 84.8 Å². The number of benzene rings is 2. The minimum atomic E-state index is -4.62. The molecule has 1 aromatic heterocycles. The van der Waals surface area contributed by atoms with Gasteiger partial charge in [0.1, 0.15) is 17.0 Å². The van der Waals surface area contributed by atoms with Crippen molar-refractivity contribution in [2.24, 2.45) is 0 Å². The molecule has 0 saturated carbocycles. The largest absolute Gasteiger partial charge is 0.497 e. The molecule has 168 valence electrons. The third kappa shape index (κ3) is 4.08. The van der Waals surface area contributed by atoms with Crippen LogP contribution in [0, 0.1) is 0 Å². The van der Waals surface area contributed by atoms with Crippen LogP contribution in [0.2, 0.25) is 0 Å². The molecule has 2 heterocycles. The van der Waals surface area contributed by atoms with Crippen molar-refractivity contribution >= 4 is 17.5 Å². The van der Waals surface area contributed by atoms with Crippen molar-refractivity contribution in [1.29, 1.82) is 0 Å². The Balaban J connectivity index is 1.57. The van der Waals surface area contributed by atoms with E-state index in [2.05, 4.69) is 10.1 Å². The van der Waals surface area contributed by atoms with Gasteiger partial charge in [-0.25, -0.2) is 0 Å². The normalized spacial score (nSPS) is 14.5. The Morgan fingerprint density at radius 1 is 1.09 bits per heavy atom. The molecule has 3 aromatic rings. The lowest BCUT2D eigenvalue weighted by Gasteiger charge is -2.36. The van der Waals surface area contributed by atoms with Crippen LogP contribution >= 0.6 is 0 Å². The smallest absolute Gasteiger partial charge is 0.417 e. The average molecular weight is 446 g/mol. The maximum Gasteiger partial charge on any atom is 0.417 e. The highest BCUT2D eigenvalue weighted by Gasteiger charge is 2.37. The van der Waals surface area contributed by atoms with Crippen molar-refractivity contribution in [1.82, 2.24) is 10.1 Å². The van der Waals surface area contributed by atoms with E-state index in [0.717, 1.165) is 17.5 Å². The lowest BCUT2D eigenvalue weighted by molar-refractivity contribution is -0.137. The molecule has 0 spiro atoms. The first-order valence-corrected chi connectivity index (χ1v) is 9.89. The van der Waals surface area contributed by atoms with E-state index >= 15 is 0 Å². The number of alkyl halides is 3. The van der Waals surface area contributed by atoms with Crippen molar-refractivity contribution in [2.75, 3.05) is 43.9 Å². The van der Waals surface area contributed by atoms with E-state index in [1.54, 1.807) is 12.0 Å². The molecule has 10 heteroatoms. The zero-order chi connectivity index (χ0) is 22.9. The predicted molar refractivity (Wildman–Crippen MR) is 112 cm³/mol. The van der Waals surface area contributed by atoms with Gasteiger partial charge < -0.3 is 24.8 Å². The van der Waals surface area contributed by atoms with E-state index in [4.69, 9.17) is 15.0 Å². The summed E-state index contributed by atoms with van der Waals surface area (Å²) < 4.78 is 50.6. The fourth-order valence-electron chi connectivity index (χ4n) is 3.76. The van der Waals surface area contributed by atoms with E-state index in [1.807, 2.05) is 24.3 Å². The van der Waals surface area contributed by atoms with Crippen LogP contribution in [-0.2, 0) is 6.18 Å². The number of hydrogen-bond acceptors (Lipinski definition) is 6. The Bertz CT molecular complexity index is 1120. The molecule has 0 bridgehead atoms. The summed E-state index contributed by atoms with van der Waals surface area (Å²) in [4.78, 5) is 16.8. The number of nitrogen functional groups attached to an aromatic ring is 1. The van der Waals surface area contributed by atoms with E-state index in [0.29, 0.717) is 26.2 Å². The summed E-state index contributed by atoms with van der Waals surface area (Å²) in [5, 5.41) is 3.69. The van der Waals surface area contributed by atoms with Gasteiger partial charge in [-0.1, -0.05) is 29.4 Å². The van der Waals surface area contributed by atoms with Gasteiger partial charge in [-0.05, 0) is 18.2 Å². The Kier molecular flexibility index (Phi) is 5.68. The number of nitrogens with zero attached hydrogens (tertiary/aromatic N) is 3. The molecule has 1 fully saturated rings. The number of methoxy groups -OCH3 is 1. The molecule has 32 heavy (non-hydrogen) atoms. The van der Waals surface area contributed by atoms with Gasteiger partial charge in [-0.2, -0.15) is 13.2 Å². The Morgan fingerprint density at radius 2 is 1.81 bits per heavy atom. The van der Waals surface area contributed by atoms with Gasteiger partial charge in [-0.3, -0.25) is 4.79 Å². The van der Waals surface area contributed by atoms with Crippen LogP contribution < -0.4 is 15.4 Å². The molecule has 0 unspecified atom stereocenters. The summed E-state index contributed by atoms with van der Waals surface area (Å²) in [6.45, 7) is 1.80. The molecule has 7 nitrogen and oxygen atoms in total. The second kappa shape index (κ2) is 8.45. The van der Waals surface area contributed by atoms with Gasteiger partial charge >= 0.3 is 6.18 Å². The zero-order valence-electron chi connectivity index (χ0n) is 17.2. The van der Waals surface area contributed by atoms with Crippen LogP contribution in [0.5, 0.6) is 5.75 Å². The van der Waals surface area contributed by atoms with Crippen molar-refractivity contribution in [3.8, 4) is 17.0 Å². The highest BCUT2D eigenvalue weighted by Crippen LogP contribution is 2.39. The number of carbonyl (C=O) groups is 1. The number of anilines is 2. The number of piperazine rings is 1. The molecular weight excluding hydrogens is 425 g/mol. The number of halogens is 3. The fraction of sp³-hybridized carbons (Fsp3) is 0.273. The lowest BCUT2D eigenvalue weighted by Crippen LogP contribution is -2.49. The SMILES string of the molecule is COc1cccc(N2CCN(C(=O)c3c(-c4ccccc4C(F)(F)F)noc3N)CC2)c1.